The second-order valence-electron chi connectivity index (χ2n) is 9.04. The van der Waals surface area contributed by atoms with Crippen LogP contribution in [0.2, 0.25) is 0 Å². The molecule has 1 saturated carbocycles. The van der Waals surface area contributed by atoms with Crippen LogP contribution < -0.4 is 4.90 Å². The van der Waals surface area contributed by atoms with Gasteiger partial charge in [-0.25, -0.2) is 0 Å². The van der Waals surface area contributed by atoms with E-state index in [1.807, 2.05) is 0 Å². The van der Waals surface area contributed by atoms with Gasteiger partial charge >= 0.3 is 0 Å². The van der Waals surface area contributed by atoms with Gasteiger partial charge in [0, 0.05) is 56.9 Å². The maximum Gasteiger partial charge on any atom is 0.225 e. The molecule has 0 spiro atoms. The highest BCUT2D eigenvalue weighted by atomic mass is 35.5. The fourth-order valence-electron chi connectivity index (χ4n) is 4.71. The van der Waals surface area contributed by atoms with Gasteiger partial charge in [-0.15, -0.1) is 12.4 Å². The van der Waals surface area contributed by atoms with Crippen molar-refractivity contribution in [1.82, 2.24) is 9.80 Å². The van der Waals surface area contributed by atoms with E-state index in [0.717, 1.165) is 76.8 Å². The Morgan fingerprint density at radius 1 is 1.00 bits per heavy atom. The second kappa shape index (κ2) is 9.05. The van der Waals surface area contributed by atoms with Crippen LogP contribution in [0.15, 0.2) is 24.3 Å². The Bertz CT molecular complexity index is 701. The fourth-order valence-corrected chi connectivity index (χ4v) is 4.71. The lowest BCUT2D eigenvalue weighted by atomic mass is 9.93. The van der Waals surface area contributed by atoms with Gasteiger partial charge in [-0.1, -0.05) is 12.1 Å². The topological polar surface area (TPSA) is 43.9 Å². The number of amides is 1. The molecule has 2 saturated heterocycles. The van der Waals surface area contributed by atoms with Crippen LogP contribution >= 0.6 is 12.4 Å². The average molecular weight is 420 g/mol. The van der Waals surface area contributed by atoms with Crippen LogP contribution in [0.3, 0.4) is 0 Å². The number of benzene rings is 1. The van der Waals surface area contributed by atoms with Crippen molar-refractivity contribution in [2.45, 2.75) is 51.0 Å². The minimum atomic E-state index is -0.197. The number of aldehydes is 1. The third-order valence-corrected chi connectivity index (χ3v) is 7.02. The largest absolute Gasteiger partial charge is 0.371 e. The standard InChI is InChI=1S/C23H33N3O2.ClH/c1-18(2)24-13-15-26(16-14-24)22(28)19-7-11-25(12-8-19)21-5-3-20(4-6-21)23(17-27)9-10-23;/h3-6,17-19H,7-16H2,1-2H3;1H. The zero-order valence-electron chi connectivity index (χ0n) is 17.7. The van der Waals surface area contributed by atoms with Crippen LogP contribution in [0.4, 0.5) is 5.69 Å². The van der Waals surface area contributed by atoms with E-state index in [9.17, 15) is 9.59 Å². The Morgan fingerprint density at radius 3 is 2.07 bits per heavy atom. The molecule has 5 nitrogen and oxygen atoms in total. The summed E-state index contributed by atoms with van der Waals surface area (Å²) in [6, 6.07) is 9.08. The smallest absolute Gasteiger partial charge is 0.225 e. The lowest BCUT2D eigenvalue weighted by Gasteiger charge is -2.40. The van der Waals surface area contributed by atoms with Crippen molar-refractivity contribution in [2.75, 3.05) is 44.2 Å². The minimum absolute atomic E-state index is 0. The number of carbonyl (C=O) groups is 2. The number of piperidine rings is 1. The molecule has 0 unspecified atom stereocenters. The molecule has 6 heteroatoms. The normalized spacial score (nSPS) is 22.3. The first kappa shape index (κ1) is 22.1. The summed E-state index contributed by atoms with van der Waals surface area (Å²) in [6.07, 6.45) is 4.94. The lowest BCUT2D eigenvalue weighted by molar-refractivity contribution is -0.138. The lowest BCUT2D eigenvalue weighted by Crippen LogP contribution is -2.53. The van der Waals surface area contributed by atoms with Crippen molar-refractivity contribution in [3.05, 3.63) is 29.8 Å². The molecule has 160 valence electrons. The van der Waals surface area contributed by atoms with Crippen molar-refractivity contribution < 1.29 is 9.59 Å². The Kier molecular flexibility index (Phi) is 6.90. The molecule has 0 radical (unpaired) electrons. The molecule has 29 heavy (non-hydrogen) atoms. The first-order chi connectivity index (χ1) is 13.5. The number of carbonyl (C=O) groups excluding carboxylic acids is 2. The number of rotatable bonds is 5. The summed E-state index contributed by atoms with van der Waals surface area (Å²) in [5, 5.41) is 0. The van der Waals surface area contributed by atoms with Crippen molar-refractivity contribution in [3.8, 4) is 0 Å². The first-order valence-corrected chi connectivity index (χ1v) is 10.9. The predicted molar refractivity (Wildman–Crippen MR) is 119 cm³/mol. The molecule has 2 heterocycles. The summed E-state index contributed by atoms with van der Waals surface area (Å²) in [4.78, 5) is 31.1. The number of halogens is 1. The van der Waals surface area contributed by atoms with Gasteiger partial charge in [-0.3, -0.25) is 9.69 Å². The molecule has 3 aliphatic rings. The van der Waals surface area contributed by atoms with E-state index in [1.54, 1.807) is 0 Å². The molecule has 1 aromatic rings. The predicted octanol–water partition coefficient (Wildman–Crippen LogP) is 3.11. The Balaban J connectivity index is 0.00000240. The highest BCUT2D eigenvalue weighted by molar-refractivity contribution is 5.85. The monoisotopic (exact) mass is 419 g/mol. The molecule has 0 N–H and O–H groups in total. The zero-order valence-corrected chi connectivity index (χ0v) is 18.5. The van der Waals surface area contributed by atoms with Crippen molar-refractivity contribution >= 4 is 30.3 Å². The highest BCUT2D eigenvalue weighted by Crippen LogP contribution is 2.46. The van der Waals surface area contributed by atoms with Gasteiger partial charge in [0.25, 0.3) is 0 Å². The molecule has 0 atom stereocenters. The van der Waals surface area contributed by atoms with Crippen LogP contribution in [0.5, 0.6) is 0 Å². The van der Waals surface area contributed by atoms with E-state index in [4.69, 9.17) is 0 Å². The van der Waals surface area contributed by atoms with Gasteiger partial charge in [0.1, 0.15) is 6.29 Å². The highest BCUT2D eigenvalue weighted by Gasteiger charge is 2.44. The third-order valence-electron chi connectivity index (χ3n) is 7.02. The Labute approximate surface area is 180 Å². The first-order valence-electron chi connectivity index (χ1n) is 10.9. The number of nitrogens with zero attached hydrogens (tertiary/aromatic N) is 3. The summed E-state index contributed by atoms with van der Waals surface area (Å²) in [5.74, 6) is 0.533. The van der Waals surface area contributed by atoms with E-state index >= 15 is 0 Å². The number of hydrogen-bond donors (Lipinski definition) is 0. The summed E-state index contributed by atoms with van der Waals surface area (Å²) in [6.45, 7) is 10.1. The molecule has 1 aromatic carbocycles. The number of hydrogen-bond acceptors (Lipinski definition) is 4. The quantitative estimate of drug-likeness (QED) is 0.688. The van der Waals surface area contributed by atoms with E-state index in [1.165, 1.54) is 5.69 Å². The zero-order chi connectivity index (χ0) is 19.7. The fraction of sp³-hybridized carbons (Fsp3) is 0.652. The molecule has 1 aliphatic carbocycles. The maximum atomic E-state index is 12.9. The van der Waals surface area contributed by atoms with Gasteiger partial charge in [0.15, 0.2) is 0 Å². The van der Waals surface area contributed by atoms with Crippen LogP contribution in [0.1, 0.15) is 45.1 Å². The minimum Gasteiger partial charge on any atom is -0.371 e. The number of piperazine rings is 1. The van der Waals surface area contributed by atoms with Crippen molar-refractivity contribution in [1.29, 1.82) is 0 Å². The molecule has 1 amide bonds. The van der Waals surface area contributed by atoms with Gasteiger partial charge in [-0.05, 0) is 57.2 Å². The molecular formula is C23H34ClN3O2. The summed E-state index contributed by atoms with van der Waals surface area (Å²) >= 11 is 0. The molecule has 3 fully saturated rings. The molecular weight excluding hydrogens is 386 g/mol. The van der Waals surface area contributed by atoms with Gasteiger partial charge in [0.05, 0.1) is 5.41 Å². The van der Waals surface area contributed by atoms with Crippen LogP contribution in [0, 0.1) is 5.92 Å². The van der Waals surface area contributed by atoms with E-state index in [0.29, 0.717) is 11.9 Å². The Hall–Kier alpha value is -1.59. The van der Waals surface area contributed by atoms with Crippen LogP contribution in [0.25, 0.3) is 0 Å². The summed E-state index contributed by atoms with van der Waals surface area (Å²) in [7, 11) is 0. The summed E-state index contributed by atoms with van der Waals surface area (Å²) in [5.41, 5.74) is 2.16. The molecule has 0 aromatic heterocycles. The van der Waals surface area contributed by atoms with Crippen LogP contribution in [-0.2, 0) is 15.0 Å². The molecule has 2 aliphatic heterocycles. The van der Waals surface area contributed by atoms with Gasteiger partial charge in [0.2, 0.25) is 5.91 Å². The Morgan fingerprint density at radius 2 is 1.59 bits per heavy atom. The van der Waals surface area contributed by atoms with Crippen molar-refractivity contribution in [2.24, 2.45) is 5.92 Å². The SMILES string of the molecule is CC(C)N1CCN(C(=O)C2CCN(c3ccc(C4(C=O)CC4)cc3)CC2)CC1.Cl. The van der Waals surface area contributed by atoms with E-state index in [2.05, 4.69) is 52.8 Å². The third kappa shape index (κ3) is 4.61. The number of anilines is 1. The van der Waals surface area contributed by atoms with Gasteiger partial charge in [-0.2, -0.15) is 0 Å². The second-order valence-corrected chi connectivity index (χ2v) is 9.04. The van der Waals surface area contributed by atoms with Crippen LogP contribution in [-0.4, -0.2) is 67.3 Å². The van der Waals surface area contributed by atoms with Gasteiger partial charge < -0.3 is 14.6 Å². The maximum absolute atomic E-state index is 12.9. The molecule has 4 rings (SSSR count). The van der Waals surface area contributed by atoms with E-state index < -0.39 is 0 Å². The van der Waals surface area contributed by atoms with E-state index in [-0.39, 0.29) is 23.7 Å². The average Bonchev–Trinajstić information content (AvgIpc) is 3.55. The van der Waals surface area contributed by atoms with Crippen molar-refractivity contribution in [3.63, 3.8) is 0 Å². The molecule has 0 bridgehead atoms. The summed E-state index contributed by atoms with van der Waals surface area (Å²) < 4.78 is 0.